The number of nitrogens with one attached hydrogen (secondary N) is 1. The molecule has 1 saturated heterocycles. The molecular formula is C18H17FN4O2S. The van der Waals surface area contributed by atoms with Gasteiger partial charge in [0.1, 0.15) is 10.6 Å². The molecule has 6 nitrogen and oxygen atoms in total. The van der Waals surface area contributed by atoms with Crippen LogP contribution >= 0.6 is 11.3 Å². The van der Waals surface area contributed by atoms with Crippen molar-refractivity contribution in [1.29, 1.82) is 0 Å². The minimum atomic E-state index is -0.258. The van der Waals surface area contributed by atoms with Crippen LogP contribution in [0.5, 0.6) is 0 Å². The summed E-state index contributed by atoms with van der Waals surface area (Å²) in [6.07, 6.45) is 1.36. The van der Waals surface area contributed by atoms with Gasteiger partial charge in [0.05, 0.1) is 16.6 Å². The quantitative estimate of drug-likeness (QED) is 0.750. The van der Waals surface area contributed by atoms with Gasteiger partial charge in [-0.05, 0) is 36.8 Å². The number of carbonyl (C=O) groups excluding carboxylic acids is 1. The molecule has 1 N–H and O–H groups in total. The summed E-state index contributed by atoms with van der Waals surface area (Å²) in [5.74, 6) is -0.324. The first-order valence-electron chi connectivity index (χ1n) is 8.31. The van der Waals surface area contributed by atoms with Crippen LogP contribution in [0.4, 0.5) is 10.1 Å². The Morgan fingerprint density at radius 1 is 1.19 bits per heavy atom. The zero-order valence-electron chi connectivity index (χ0n) is 14.2. The highest BCUT2D eigenvalue weighted by Crippen LogP contribution is 2.28. The zero-order valence-corrected chi connectivity index (χ0v) is 15.0. The fraction of sp³-hybridized carbons (Fsp3) is 0.278. The van der Waals surface area contributed by atoms with Crippen molar-refractivity contribution in [2.24, 2.45) is 0 Å². The molecule has 8 heteroatoms. The number of H-pyrrole nitrogens is 1. The van der Waals surface area contributed by atoms with Crippen molar-refractivity contribution in [2.45, 2.75) is 6.92 Å². The van der Waals surface area contributed by atoms with Gasteiger partial charge < -0.3 is 14.8 Å². The van der Waals surface area contributed by atoms with Crippen molar-refractivity contribution in [3.05, 3.63) is 57.2 Å². The maximum atomic E-state index is 13.1. The normalized spacial score (nSPS) is 14.8. The third-order valence-corrected chi connectivity index (χ3v) is 5.87. The third kappa shape index (κ3) is 2.86. The van der Waals surface area contributed by atoms with Gasteiger partial charge in [0.15, 0.2) is 0 Å². The lowest BCUT2D eigenvalue weighted by Crippen LogP contribution is -2.48. The molecule has 2 aromatic heterocycles. The number of fused-ring (bicyclic) bond motifs is 1. The fourth-order valence-corrected chi connectivity index (χ4v) is 4.36. The summed E-state index contributed by atoms with van der Waals surface area (Å²) in [5.41, 5.74) is 1.42. The second-order valence-corrected chi connectivity index (χ2v) is 7.22. The van der Waals surface area contributed by atoms with Crippen molar-refractivity contribution in [3.63, 3.8) is 0 Å². The van der Waals surface area contributed by atoms with Crippen molar-refractivity contribution in [3.8, 4) is 0 Å². The Morgan fingerprint density at radius 2 is 1.88 bits per heavy atom. The van der Waals surface area contributed by atoms with Crippen LogP contribution in [0.3, 0.4) is 0 Å². The molecule has 3 aromatic rings. The fourth-order valence-electron chi connectivity index (χ4n) is 3.25. The average molecular weight is 372 g/mol. The van der Waals surface area contributed by atoms with Crippen LogP contribution in [0.2, 0.25) is 0 Å². The molecule has 1 amide bonds. The summed E-state index contributed by atoms with van der Waals surface area (Å²) in [6, 6.07) is 6.39. The molecule has 1 aliphatic rings. The van der Waals surface area contributed by atoms with Gasteiger partial charge in [0.2, 0.25) is 0 Å². The van der Waals surface area contributed by atoms with Crippen molar-refractivity contribution in [2.75, 3.05) is 31.1 Å². The van der Waals surface area contributed by atoms with E-state index in [9.17, 15) is 14.0 Å². The number of hydrogen-bond acceptors (Lipinski definition) is 5. The maximum absolute atomic E-state index is 13.1. The molecule has 0 spiro atoms. The van der Waals surface area contributed by atoms with Crippen LogP contribution in [0.25, 0.3) is 10.2 Å². The lowest BCUT2D eigenvalue weighted by atomic mass is 10.2. The Hall–Kier alpha value is -2.74. The molecule has 26 heavy (non-hydrogen) atoms. The van der Waals surface area contributed by atoms with E-state index in [0.717, 1.165) is 5.69 Å². The number of nitrogens with zero attached hydrogens (tertiary/aromatic N) is 3. The van der Waals surface area contributed by atoms with E-state index in [2.05, 4.69) is 14.9 Å². The van der Waals surface area contributed by atoms with Crippen LogP contribution < -0.4 is 10.5 Å². The second-order valence-electron chi connectivity index (χ2n) is 6.22. The molecule has 1 fully saturated rings. The number of aromatic nitrogens is 2. The number of thiophene rings is 1. The molecule has 4 rings (SSSR count). The van der Waals surface area contributed by atoms with E-state index in [1.807, 2.05) is 0 Å². The topological polar surface area (TPSA) is 69.3 Å². The zero-order chi connectivity index (χ0) is 18.3. The number of amides is 1. The number of benzene rings is 1. The van der Waals surface area contributed by atoms with Gasteiger partial charge in [-0.2, -0.15) is 0 Å². The predicted octanol–water partition coefficient (Wildman–Crippen LogP) is 2.39. The van der Waals surface area contributed by atoms with Gasteiger partial charge in [-0.1, -0.05) is 0 Å². The molecule has 1 aromatic carbocycles. The Labute approximate surface area is 152 Å². The third-order valence-electron chi connectivity index (χ3n) is 4.69. The highest BCUT2D eigenvalue weighted by atomic mass is 32.1. The first-order chi connectivity index (χ1) is 12.5. The van der Waals surface area contributed by atoms with Gasteiger partial charge >= 0.3 is 0 Å². The molecule has 0 unspecified atom stereocenters. The minimum Gasteiger partial charge on any atom is -0.368 e. The van der Waals surface area contributed by atoms with Crippen LogP contribution in [0.15, 0.2) is 35.4 Å². The van der Waals surface area contributed by atoms with Crippen molar-refractivity contribution in [1.82, 2.24) is 14.9 Å². The van der Waals surface area contributed by atoms with Crippen molar-refractivity contribution < 1.29 is 9.18 Å². The Bertz CT molecular complexity index is 1020. The number of anilines is 1. The molecular weight excluding hydrogens is 355 g/mol. The van der Waals surface area contributed by atoms with E-state index in [0.29, 0.717) is 46.8 Å². The highest BCUT2D eigenvalue weighted by Gasteiger charge is 2.26. The highest BCUT2D eigenvalue weighted by molar-refractivity contribution is 7.20. The number of carbonyl (C=O) groups is 1. The van der Waals surface area contributed by atoms with Gasteiger partial charge in [-0.3, -0.25) is 9.59 Å². The summed E-state index contributed by atoms with van der Waals surface area (Å²) < 4.78 is 13.1. The van der Waals surface area contributed by atoms with E-state index in [4.69, 9.17) is 0 Å². The molecule has 134 valence electrons. The van der Waals surface area contributed by atoms with Crippen LogP contribution in [-0.4, -0.2) is 47.0 Å². The minimum absolute atomic E-state index is 0.0661. The largest absolute Gasteiger partial charge is 0.368 e. The number of rotatable bonds is 2. The van der Waals surface area contributed by atoms with E-state index in [-0.39, 0.29) is 17.3 Å². The predicted molar refractivity (Wildman–Crippen MR) is 99.5 cm³/mol. The summed E-state index contributed by atoms with van der Waals surface area (Å²) in [7, 11) is 0. The molecule has 1 aliphatic heterocycles. The first kappa shape index (κ1) is 16.7. The molecule has 0 aliphatic carbocycles. The SMILES string of the molecule is Cc1c(C(=O)N2CCN(c3ccc(F)cc3)CC2)sc2nc[nH]c(=O)c12. The summed E-state index contributed by atoms with van der Waals surface area (Å²) >= 11 is 1.26. The van der Waals surface area contributed by atoms with Crippen LogP contribution in [0.1, 0.15) is 15.2 Å². The number of halogens is 1. The van der Waals surface area contributed by atoms with Gasteiger partial charge in [0.25, 0.3) is 11.5 Å². The second kappa shape index (κ2) is 6.53. The van der Waals surface area contributed by atoms with Crippen LogP contribution in [-0.2, 0) is 0 Å². The van der Waals surface area contributed by atoms with Crippen molar-refractivity contribution >= 4 is 33.1 Å². The van der Waals surface area contributed by atoms with Gasteiger partial charge in [-0.25, -0.2) is 9.37 Å². The first-order valence-corrected chi connectivity index (χ1v) is 9.13. The van der Waals surface area contributed by atoms with E-state index in [1.165, 1.54) is 29.8 Å². The molecule has 0 saturated carbocycles. The Kier molecular flexibility index (Phi) is 4.20. The Balaban J connectivity index is 1.52. The molecule has 0 radical (unpaired) electrons. The Morgan fingerprint density at radius 3 is 2.54 bits per heavy atom. The van der Waals surface area contributed by atoms with Gasteiger partial charge in [-0.15, -0.1) is 11.3 Å². The monoisotopic (exact) mass is 372 g/mol. The molecule has 0 atom stereocenters. The summed E-state index contributed by atoms with van der Waals surface area (Å²) in [4.78, 5) is 36.7. The number of aromatic amines is 1. The lowest BCUT2D eigenvalue weighted by molar-refractivity contribution is 0.0751. The number of hydrogen-bond donors (Lipinski definition) is 1. The number of piperazine rings is 1. The van der Waals surface area contributed by atoms with Crippen LogP contribution in [0, 0.1) is 12.7 Å². The standard InChI is InChI=1S/C18H17FN4O2S/c1-11-14-16(24)20-10-21-17(14)26-15(11)18(25)23-8-6-22(7-9-23)13-4-2-12(19)3-5-13/h2-5,10H,6-9H2,1H3,(H,20,21,24). The number of aryl methyl sites for hydroxylation is 1. The maximum Gasteiger partial charge on any atom is 0.264 e. The smallest absolute Gasteiger partial charge is 0.264 e. The van der Waals surface area contributed by atoms with Gasteiger partial charge in [0, 0.05) is 31.9 Å². The molecule has 0 bridgehead atoms. The average Bonchev–Trinajstić information content (AvgIpc) is 3.00. The lowest BCUT2D eigenvalue weighted by Gasteiger charge is -2.36. The summed E-state index contributed by atoms with van der Waals surface area (Å²) in [6.45, 7) is 4.30. The van der Waals surface area contributed by atoms with E-state index in [1.54, 1.807) is 24.0 Å². The van der Waals surface area contributed by atoms with E-state index < -0.39 is 0 Å². The summed E-state index contributed by atoms with van der Waals surface area (Å²) in [5, 5.41) is 0.491. The van der Waals surface area contributed by atoms with E-state index >= 15 is 0 Å². The molecule has 3 heterocycles.